The van der Waals surface area contributed by atoms with Crippen molar-refractivity contribution >= 4 is 23.2 Å². The number of hydrogen-bond acceptors (Lipinski definition) is 3. The Kier molecular flexibility index (Phi) is 6.15. The van der Waals surface area contributed by atoms with Crippen molar-refractivity contribution in [2.75, 3.05) is 12.4 Å². The van der Waals surface area contributed by atoms with Gasteiger partial charge in [-0.2, -0.15) is 0 Å². The maximum atomic E-state index is 12.2. The average Bonchev–Trinajstić information content (AvgIpc) is 2.42. The molecule has 5 nitrogen and oxygen atoms in total. The van der Waals surface area contributed by atoms with E-state index in [2.05, 4.69) is 5.32 Å². The highest BCUT2D eigenvalue weighted by Gasteiger charge is 2.24. The first-order chi connectivity index (χ1) is 9.78. The predicted octanol–water partition coefficient (Wildman–Crippen LogP) is 3.68. The number of alkyl halides is 1. The van der Waals surface area contributed by atoms with Gasteiger partial charge in [-0.1, -0.05) is 26.0 Å². The van der Waals surface area contributed by atoms with Gasteiger partial charge >= 0.3 is 0 Å². The van der Waals surface area contributed by atoms with E-state index in [1.807, 2.05) is 13.8 Å². The summed E-state index contributed by atoms with van der Waals surface area (Å²) < 4.78 is 0. The summed E-state index contributed by atoms with van der Waals surface area (Å²) in [7, 11) is 0. The molecule has 116 valence electrons. The number of rotatable bonds is 7. The third-order valence-electron chi connectivity index (χ3n) is 3.38. The quantitative estimate of drug-likeness (QED) is 0.474. The summed E-state index contributed by atoms with van der Waals surface area (Å²) in [5, 5.41) is 13.9. The second-order valence-corrected chi connectivity index (χ2v) is 6.25. The summed E-state index contributed by atoms with van der Waals surface area (Å²) >= 11 is 5.68. The first kappa shape index (κ1) is 17.4. The van der Waals surface area contributed by atoms with Crippen LogP contribution in [-0.4, -0.2) is 23.3 Å². The molecule has 0 heterocycles. The van der Waals surface area contributed by atoms with E-state index in [-0.39, 0.29) is 16.7 Å². The molecule has 0 unspecified atom stereocenters. The molecule has 1 aromatic rings. The van der Waals surface area contributed by atoms with E-state index in [4.69, 9.17) is 11.6 Å². The van der Waals surface area contributed by atoms with Gasteiger partial charge in [-0.05, 0) is 31.2 Å². The second kappa shape index (κ2) is 7.41. The van der Waals surface area contributed by atoms with Gasteiger partial charge in [0.25, 0.3) is 11.6 Å². The number of carbonyl (C=O) groups is 1. The molecule has 6 heteroatoms. The first-order valence-electron chi connectivity index (χ1n) is 6.86. The molecule has 0 aliphatic rings. The number of carbonyl (C=O) groups excluding carboxylic acids is 1. The lowest BCUT2D eigenvalue weighted by atomic mass is 9.88. The first-order valence-corrected chi connectivity index (χ1v) is 7.40. The second-order valence-electron chi connectivity index (χ2n) is 5.87. The Morgan fingerprint density at radius 2 is 2.10 bits per heavy atom. The summed E-state index contributed by atoms with van der Waals surface area (Å²) in [6.45, 7) is 6.14. The lowest BCUT2D eigenvalue weighted by Gasteiger charge is -2.24. The van der Waals surface area contributed by atoms with Crippen molar-refractivity contribution in [2.24, 2.45) is 5.41 Å². The highest BCUT2D eigenvalue weighted by atomic mass is 35.5. The molecule has 1 amide bonds. The SMILES string of the molecule is Cc1cccc(C(=O)NCC(C)(C)CCCCl)c1[N+](=O)[O-]. The molecule has 1 N–H and O–H groups in total. The third-order valence-corrected chi connectivity index (χ3v) is 3.65. The molecule has 0 aliphatic carbocycles. The Bertz CT molecular complexity index is 530. The topological polar surface area (TPSA) is 72.2 Å². The summed E-state index contributed by atoms with van der Waals surface area (Å²) in [5.74, 6) is 0.171. The monoisotopic (exact) mass is 312 g/mol. The summed E-state index contributed by atoms with van der Waals surface area (Å²) in [6.07, 6.45) is 1.75. The third kappa shape index (κ3) is 5.01. The number of nitrogens with zero attached hydrogens (tertiary/aromatic N) is 1. The van der Waals surface area contributed by atoms with Crippen molar-refractivity contribution in [1.29, 1.82) is 0 Å². The Balaban J connectivity index is 2.82. The van der Waals surface area contributed by atoms with E-state index >= 15 is 0 Å². The summed E-state index contributed by atoms with van der Waals surface area (Å²) in [5.41, 5.74) is 0.360. The number of para-hydroxylation sites is 1. The van der Waals surface area contributed by atoms with Crippen LogP contribution in [0.1, 0.15) is 42.6 Å². The van der Waals surface area contributed by atoms with Gasteiger partial charge in [0.1, 0.15) is 5.56 Å². The van der Waals surface area contributed by atoms with Crippen molar-refractivity contribution in [3.8, 4) is 0 Å². The van der Waals surface area contributed by atoms with Gasteiger partial charge in [0, 0.05) is 18.0 Å². The van der Waals surface area contributed by atoms with Crippen LogP contribution in [0.5, 0.6) is 0 Å². The molecule has 0 fully saturated rings. The largest absolute Gasteiger partial charge is 0.351 e. The Morgan fingerprint density at radius 1 is 1.43 bits per heavy atom. The molecule has 0 radical (unpaired) electrons. The van der Waals surface area contributed by atoms with Crippen LogP contribution in [0, 0.1) is 22.5 Å². The number of aryl methyl sites for hydroxylation is 1. The smallest absolute Gasteiger partial charge is 0.285 e. The molecule has 21 heavy (non-hydrogen) atoms. The molecule has 1 aromatic carbocycles. The van der Waals surface area contributed by atoms with Gasteiger partial charge in [0.2, 0.25) is 0 Å². The predicted molar refractivity (Wildman–Crippen MR) is 83.9 cm³/mol. The fourth-order valence-electron chi connectivity index (χ4n) is 2.13. The highest BCUT2D eigenvalue weighted by molar-refractivity contribution is 6.17. The molecule has 1 rings (SSSR count). The average molecular weight is 313 g/mol. The van der Waals surface area contributed by atoms with E-state index in [0.717, 1.165) is 12.8 Å². The zero-order valence-electron chi connectivity index (χ0n) is 12.6. The number of nitrogens with one attached hydrogen (secondary N) is 1. The van der Waals surface area contributed by atoms with Gasteiger partial charge in [-0.3, -0.25) is 14.9 Å². The molecule has 0 bridgehead atoms. The van der Waals surface area contributed by atoms with E-state index < -0.39 is 10.8 Å². The van der Waals surface area contributed by atoms with Gasteiger partial charge in [-0.25, -0.2) is 0 Å². The fourth-order valence-corrected chi connectivity index (χ4v) is 2.27. The maximum absolute atomic E-state index is 12.2. The van der Waals surface area contributed by atoms with E-state index in [9.17, 15) is 14.9 Å². The van der Waals surface area contributed by atoms with Gasteiger partial charge in [0.05, 0.1) is 4.92 Å². The van der Waals surface area contributed by atoms with Crippen LogP contribution >= 0.6 is 11.6 Å². The Hall–Kier alpha value is -1.62. The van der Waals surface area contributed by atoms with Crippen LogP contribution < -0.4 is 5.32 Å². The molecule has 0 saturated heterocycles. The molecule has 0 saturated carbocycles. The zero-order valence-corrected chi connectivity index (χ0v) is 13.4. The Labute approximate surface area is 129 Å². The van der Waals surface area contributed by atoms with Crippen LogP contribution in [0.3, 0.4) is 0 Å². The molecule has 0 spiro atoms. The molecular formula is C15H21ClN2O3. The van der Waals surface area contributed by atoms with Crippen molar-refractivity contribution in [3.63, 3.8) is 0 Å². The molecule has 0 aliphatic heterocycles. The summed E-state index contributed by atoms with van der Waals surface area (Å²) in [4.78, 5) is 22.8. The van der Waals surface area contributed by atoms with Gasteiger partial charge in [-0.15, -0.1) is 11.6 Å². The minimum Gasteiger partial charge on any atom is -0.351 e. The minimum atomic E-state index is -0.511. The Morgan fingerprint density at radius 3 is 2.67 bits per heavy atom. The van der Waals surface area contributed by atoms with Crippen LogP contribution in [0.2, 0.25) is 0 Å². The normalized spacial score (nSPS) is 11.2. The molecule has 0 atom stereocenters. The van der Waals surface area contributed by atoms with Crippen LogP contribution in [-0.2, 0) is 0 Å². The molecule has 0 aromatic heterocycles. The zero-order chi connectivity index (χ0) is 16.0. The van der Waals surface area contributed by atoms with Crippen molar-refractivity contribution in [3.05, 3.63) is 39.4 Å². The van der Waals surface area contributed by atoms with E-state index in [1.54, 1.807) is 19.1 Å². The van der Waals surface area contributed by atoms with Crippen molar-refractivity contribution in [1.82, 2.24) is 5.32 Å². The summed E-state index contributed by atoms with van der Waals surface area (Å²) in [6, 6.07) is 4.75. The van der Waals surface area contributed by atoms with Gasteiger partial charge < -0.3 is 5.32 Å². The fraction of sp³-hybridized carbons (Fsp3) is 0.533. The van der Waals surface area contributed by atoms with E-state index in [0.29, 0.717) is 18.0 Å². The number of halogens is 1. The standard InChI is InChI=1S/C15H21ClN2O3/c1-11-6-4-7-12(13(11)18(20)21)14(19)17-10-15(2,3)8-5-9-16/h4,6-7H,5,8-10H2,1-3H3,(H,17,19). The molecular weight excluding hydrogens is 292 g/mol. The van der Waals surface area contributed by atoms with Crippen LogP contribution in [0.15, 0.2) is 18.2 Å². The van der Waals surface area contributed by atoms with Crippen LogP contribution in [0.4, 0.5) is 5.69 Å². The highest BCUT2D eigenvalue weighted by Crippen LogP contribution is 2.24. The minimum absolute atomic E-state index is 0.0941. The number of benzene rings is 1. The maximum Gasteiger partial charge on any atom is 0.285 e. The van der Waals surface area contributed by atoms with Gasteiger partial charge in [0.15, 0.2) is 0 Å². The number of amides is 1. The van der Waals surface area contributed by atoms with Crippen molar-refractivity contribution < 1.29 is 9.72 Å². The number of hydrogen-bond donors (Lipinski definition) is 1. The van der Waals surface area contributed by atoms with E-state index in [1.165, 1.54) is 6.07 Å². The lowest BCUT2D eigenvalue weighted by molar-refractivity contribution is -0.385. The van der Waals surface area contributed by atoms with Crippen LogP contribution in [0.25, 0.3) is 0 Å². The lowest BCUT2D eigenvalue weighted by Crippen LogP contribution is -2.34. The number of nitro benzene ring substituents is 1. The van der Waals surface area contributed by atoms with Crippen molar-refractivity contribution in [2.45, 2.75) is 33.6 Å². The number of nitro groups is 1.